The second kappa shape index (κ2) is 9.77. The van der Waals surface area contributed by atoms with Gasteiger partial charge in [0.15, 0.2) is 5.96 Å². The van der Waals surface area contributed by atoms with Crippen molar-refractivity contribution in [3.8, 4) is 0 Å². The van der Waals surface area contributed by atoms with E-state index in [-0.39, 0.29) is 0 Å². The van der Waals surface area contributed by atoms with E-state index in [0.717, 1.165) is 43.3 Å². The van der Waals surface area contributed by atoms with Crippen LogP contribution in [0.15, 0.2) is 4.99 Å². The van der Waals surface area contributed by atoms with Gasteiger partial charge in [0.05, 0.1) is 5.69 Å². The molecule has 1 heterocycles. The minimum atomic E-state index is 0.319. The number of hydrogen-bond donors (Lipinski definition) is 2. The number of nitrogens with one attached hydrogen (secondary N) is 2. The van der Waals surface area contributed by atoms with Crippen molar-refractivity contribution >= 4 is 17.7 Å². The fraction of sp³-hybridized carbons (Fsp3) is 0.750. The summed E-state index contributed by atoms with van der Waals surface area (Å²) in [5.41, 5.74) is 3.70. The van der Waals surface area contributed by atoms with Crippen molar-refractivity contribution < 1.29 is 0 Å². The van der Waals surface area contributed by atoms with Crippen LogP contribution in [-0.2, 0) is 13.5 Å². The lowest BCUT2D eigenvalue weighted by atomic mass is 10.1. The topological polar surface area (TPSA) is 54.2 Å². The maximum Gasteiger partial charge on any atom is 0.191 e. The van der Waals surface area contributed by atoms with Crippen molar-refractivity contribution in [2.45, 2.75) is 46.6 Å². The molecule has 5 nitrogen and oxygen atoms in total. The van der Waals surface area contributed by atoms with Gasteiger partial charge in [0, 0.05) is 31.9 Å². The molecule has 126 valence electrons. The van der Waals surface area contributed by atoms with E-state index < -0.39 is 0 Å². The zero-order chi connectivity index (χ0) is 16.5. The Hall–Kier alpha value is -1.17. The van der Waals surface area contributed by atoms with Crippen LogP contribution in [0.4, 0.5) is 0 Å². The van der Waals surface area contributed by atoms with Crippen molar-refractivity contribution in [2.75, 3.05) is 25.1 Å². The average Bonchev–Trinajstić information content (AvgIpc) is 2.70. The third-order valence-electron chi connectivity index (χ3n) is 3.67. The molecule has 1 aromatic heterocycles. The van der Waals surface area contributed by atoms with E-state index in [1.807, 2.05) is 23.5 Å². The Labute approximate surface area is 139 Å². The fourth-order valence-corrected chi connectivity index (χ4v) is 2.84. The molecule has 6 heteroatoms. The van der Waals surface area contributed by atoms with Crippen molar-refractivity contribution in [1.82, 2.24) is 20.4 Å². The molecular formula is C16H31N5S. The average molecular weight is 326 g/mol. The van der Waals surface area contributed by atoms with Crippen LogP contribution in [-0.4, -0.2) is 46.9 Å². The largest absolute Gasteiger partial charge is 0.357 e. The second-order valence-corrected chi connectivity index (χ2v) is 6.62. The molecule has 1 rings (SSSR count). The zero-order valence-corrected chi connectivity index (χ0v) is 15.7. The number of guanidine groups is 1. The second-order valence-electron chi connectivity index (χ2n) is 5.63. The van der Waals surface area contributed by atoms with E-state index >= 15 is 0 Å². The van der Waals surface area contributed by atoms with E-state index in [9.17, 15) is 0 Å². The Bertz CT molecular complexity index is 481. The van der Waals surface area contributed by atoms with E-state index in [1.54, 1.807) is 0 Å². The summed E-state index contributed by atoms with van der Waals surface area (Å²) in [5.74, 6) is 2.07. The van der Waals surface area contributed by atoms with E-state index in [1.165, 1.54) is 11.3 Å². The van der Waals surface area contributed by atoms with Gasteiger partial charge in [-0.3, -0.25) is 9.67 Å². The molecule has 0 saturated heterocycles. The van der Waals surface area contributed by atoms with Crippen LogP contribution in [0.3, 0.4) is 0 Å². The van der Waals surface area contributed by atoms with Crippen LogP contribution in [0.25, 0.3) is 0 Å². The lowest BCUT2D eigenvalue weighted by Gasteiger charge is -2.18. The summed E-state index contributed by atoms with van der Waals surface area (Å²) in [4.78, 5) is 4.64. The first-order valence-corrected chi connectivity index (χ1v) is 9.41. The fourth-order valence-electron chi connectivity index (χ4n) is 2.42. The Morgan fingerprint density at radius 1 is 1.41 bits per heavy atom. The minimum Gasteiger partial charge on any atom is -0.357 e. The number of aliphatic imine (C=N–C) groups is 1. The number of nitrogens with zero attached hydrogens (tertiary/aromatic N) is 3. The van der Waals surface area contributed by atoms with E-state index in [4.69, 9.17) is 0 Å². The highest BCUT2D eigenvalue weighted by Gasteiger charge is 2.13. The summed E-state index contributed by atoms with van der Waals surface area (Å²) in [6.07, 6.45) is 4.21. The number of aryl methyl sites for hydroxylation is 2. The molecule has 0 aliphatic heterocycles. The normalized spacial score (nSPS) is 13.3. The predicted octanol–water partition coefficient (Wildman–Crippen LogP) is 2.28. The van der Waals surface area contributed by atoms with Gasteiger partial charge in [-0.15, -0.1) is 0 Å². The molecule has 0 amide bonds. The first kappa shape index (κ1) is 18.9. The van der Waals surface area contributed by atoms with Crippen LogP contribution in [0.5, 0.6) is 0 Å². The molecule has 0 saturated carbocycles. The maximum atomic E-state index is 4.64. The molecule has 0 aliphatic carbocycles. The van der Waals surface area contributed by atoms with Crippen molar-refractivity contribution in [1.29, 1.82) is 0 Å². The number of hydrogen-bond acceptors (Lipinski definition) is 3. The Kier molecular flexibility index (Phi) is 8.38. The van der Waals surface area contributed by atoms with Gasteiger partial charge in [-0.1, -0.05) is 0 Å². The third kappa shape index (κ3) is 5.91. The van der Waals surface area contributed by atoms with Crippen LogP contribution in [0.1, 0.15) is 37.2 Å². The van der Waals surface area contributed by atoms with Gasteiger partial charge in [0.25, 0.3) is 0 Å². The lowest BCUT2D eigenvalue weighted by Crippen LogP contribution is -2.43. The molecule has 0 fully saturated rings. The summed E-state index contributed by atoms with van der Waals surface area (Å²) >= 11 is 1.87. The Balaban J connectivity index is 2.60. The van der Waals surface area contributed by atoms with Crippen LogP contribution in [0.2, 0.25) is 0 Å². The monoisotopic (exact) mass is 325 g/mol. The molecule has 0 spiro atoms. The van der Waals surface area contributed by atoms with Crippen molar-refractivity contribution in [3.05, 3.63) is 17.0 Å². The third-order valence-corrected chi connectivity index (χ3v) is 4.37. The van der Waals surface area contributed by atoms with Gasteiger partial charge >= 0.3 is 0 Å². The quantitative estimate of drug-likeness (QED) is 0.437. The summed E-state index contributed by atoms with van der Waals surface area (Å²) in [5, 5.41) is 11.3. The molecule has 1 unspecified atom stereocenters. The Morgan fingerprint density at radius 2 is 2.14 bits per heavy atom. The van der Waals surface area contributed by atoms with Crippen molar-refractivity contribution in [3.63, 3.8) is 0 Å². The standard InChI is InChI=1S/C16H31N5S/c1-7-17-16(18-9-8-10-22-6)19-12(2)11-15-13(3)20-21(5)14(15)4/h12H,7-11H2,1-6H3,(H2,17,18,19). The number of thioether (sulfide) groups is 1. The molecule has 1 atom stereocenters. The number of aromatic nitrogens is 2. The highest BCUT2D eigenvalue weighted by Crippen LogP contribution is 2.14. The molecule has 1 aromatic rings. The summed E-state index contributed by atoms with van der Waals surface area (Å²) in [7, 11) is 2.00. The minimum absolute atomic E-state index is 0.319. The summed E-state index contributed by atoms with van der Waals surface area (Å²) in [6, 6.07) is 0.319. The van der Waals surface area contributed by atoms with Gasteiger partial charge < -0.3 is 10.6 Å². The Morgan fingerprint density at radius 3 is 2.68 bits per heavy atom. The van der Waals surface area contributed by atoms with Gasteiger partial charge in [-0.2, -0.15) is 16.9 Å². The van der Waals surface area contributed by atoms with E-state index in [0.29, 0.717) is 6.04 Å². The molecule has 0 radical (unpaired) electrons. The maximum absolute atomic E-state index is 4.64. The van der Waals surface area contributed by atoms with Crippen LogP contribution < -0.4 is 10.6 Å². The van der Waals surface area contributed by atoms with Crippen LogP contribution >= 0.6 is 11.8 Å². The van der Waals surface area contributed by atoms with Crippen molar-refractivity contribution in [2.24, 2.45) is 12.0 Å². The van der Waals surface area contributed by atoms with Gasteiger partial charge in [0.1, 0.15) is 0 Å². The van der Waals surface area contributed by atoms with E-state index in [2.05, 4.69) is 54.7 Å². The first-order chi connectivity index (χ1) is 10.5. The smallest absolute Gasteiger partial charge is 0.191 e. The summed E-state index contributed by atoms with van der Waals surface area (Å²) < 4.78 is 1.96. The lowest BCUT2D eigenvalue weighted by molar-refractivity contribution is 0.635. The summed E-state index contributed by atoms with van der Waals surface area (Å²) in [6.45, 7) is 10.3. The molecule has 0 aromatic carbocycles. The van der Waals surface area contributed by atoms with Gasteiger partial charge in [-0.25, -0.2) is 0 Å². The molecule has 22 heavy (non-hydrogen) atoms. The van der Waals surface area contributed by atoms with Gasteiger partial charge in [-0.05, 0) is 58.1 Å². The van der Waals surface area contributed by atoms with Gasteiger partial charge in [0.2, 0.25) is 0 Å². The predicted molar refractivity (Wildman–Crippen MR) is 98.0 cm³/mol. The molecule has 2 N–H and O–H groups in total. The number of rotatable bonds is 8. The molecular weight excluding hydrogens is 294 g/mol. The van der Waals surface area contributed by atoms with Crippen LogP contribution in [0, 0.1) is 13.8 Å². The zero-order valence-electron chi connectivity index (χ0n) is 14.9. The molecule has 0 aliphatic rings. The SMILES string of the molecule is CCNC(=NCCCSC)NC(C)Cc1c(C)nn(C)c1C. The highest BCUT2D eigenvalue weighted by atomic mass is 32.2. The first-order valence-electron chi connectivity index (χ1n) is 8.02. The highest BCUT2D eigenvalue weighted by molar-refractivity contribution is 7.98. The molecule has 0 bridgehead atoms.